The van der Waals surface area contributed by atoms with Crippen LogP contribution in [0, 0.1) is 6.92 Å². The summed E-state index contributed by atoms with van der Waals surface area (Å²) in [5.74, 6) is 1.24. The second kappa shape index (κ2) is 8.98. The van der Waals surface area contributed by atoms with Crippen LogP contribution in [0.2, 0.25) is 0 Å². The standard InChI is InChI=1S/C26H24N2O4/c1-17-4-13-22-24(14-17)28(16-25(29)27-19-7-11-21(32-3)12-8-19)15-23(26(22)30)18-5-9-20(31-2)10-6-18/h4-15H,16H2,1-3H3,(H,27,29). The van der Waals surface area contributed by atoms with Gasteiger partial charge in [0, 0.05) is 22.8 Å². The van der Waals surface area contributed by atoms with Crippen molar-refractivity contribution in [3.05, 3.63) is 88.7 Å². The number of methoxy groups -OCH3 is 2. The molecule has 162 valence electrons. The summed E-state index contributed by atoms with van der Waals surface area (Å²) in [5, 5.41) is 3.47. The van der Waals surface area contributed by atoms with Crippen molar-refractivity contribution in [3.63, 3.8) is 0 Å². The summed E-state index contributed by atoms with van der Waals surface area (Å²) >= 11 is 0. The molecule has 0 unspecified atom stereocenters. The molecule has 4 rings (SSSR count). The molecule has 0 bridgehead atoms. The highest BCUT2D eigenvalue weighted by Crippen LogP contribution is 2.23. The second-order valence-electron chi connectivity index (χ2n) is 7.53. The highest BCUT2D eigenvalue weighted by Gasteiger charge is 2.14. The number of fused-ring (bicyclic) bond motifs is 1. The molecule has 0 fully saturated rings. The molecule has 1 N–H and O–H groups in total. The third kappa shape index (κ3) is 4.34. The van der Waals surface area contributed by atoms with Gasteiger partial charge in [-0.05, 0) is 66.6 Å². The fourth-order valence-electron chi connectivity index (χ4n) is 3.64. The Hall–Kier alpha value is -4.06. The minimum absolute atomic E-state index is 0.0649. The van der Waals surface area contributed by atoms with Crippen LogP contribution in [0.4, 0.5) is 5.69 Å². The van der Waals surface area contributed by atoms with Gasteiger partial charge in [-0.2, -0.15) is 0 Å². The number of hydrogen-bond donors (Lipinski definition) is 1. The number of carbonyl (C=O) groups excluding carboxylic acids is 1. The molecule has 1 amide bonds. The van der Waals surface area contributed by atoms with Crippen LogP contribution in [0.15, 0.2) is 77.7 Å². The Morgan fingerprint density at radius 3 is 2.16 bits per heavy atom. The van der Waals surface area contributed by atoms with E-state index in [4.69, 9.17) is 9.47 Å². The highest BCUT2D eigenvalue weighted by atomic mass is 16.5. The van der Waals surface area contributed by atoms with Gasteiger partial charge < -0.3 is 19.4 Å². The summed E-state index contributed by atoms with van der Waals surface area (Å²) in [6, 6.07) is 20.1. The van der Waals surface area contributed by atoms with Crippen LogP contribution in [0.25, 0.3) is 22.0 Å². The van der Waals surface area contributed by atoms with Crippen molar-refractivity contribution in [2.24, 2.45) is 0 Å². The zero-order chi connectivity index (χ0) is 22.7. The lowest BCUT2D eigenvalue weighted by Crippen LogP contribution is -2.21. The van der Waals surface area contributed by atoms with Gasteiger partial charge in [0.25, 0.3) is 0 Å². The topological polar surface area (TPSA) is 69.6 Å². The predicted octanol–water partition coefficient (Wildman–Crippen LogP) is 4.63. The highest BCUT2D eigenvalue weighted by molar-refractivity contribution is 5.92. The molecule has 0 radical (unpaired) electrons. The van der Waals surface area contributed by atoms with Crippen LogP contribution < -0.4 is 20.2 Å². The number of hydrogen-bond acceptors (Lipinski definition) is 4. The maximum Gasteiger partial charge on any atom is 0.244 e. The van der Waals surface area contributed by atoms with Gasteiger partial charge in [0.15, 0.2) is 5.43 Å². The van der Waals surface area contributed by atoms with Gasteiger partial charge in [-0.1, -0.05) is 18.2 Å². The summed E-state index contributed by atoms with van der Waals surface area (Å²) in [5.41, 5.74) is 3.63. The maximum absolute atomic E-state index is 13.2. The third-order valence-corrected chi connectivity index (χ3v) is 5.33. The Kier molecular flexibility index (Phi) is 5.94. The molecule has 1 aromatic heterocycles. The average molecular weight is 428 g/mol. The first-order chi connectivity index (χ1) is 15.5. The maximum atomic E-state index is 13.2. The van der Waals surface area contributed by atoms with E-state index in [9.17, 15) is 9.59 Å². The lowest BCUT2D eigenvalue weighted by Gasteiger charge is -2.15. The van der Waals surface area contributed by atoms with Gasteiger partial charge in [0.05, 0.1) is 19.7 Å². The number of aromatic nitrogens is 1. The summed E-state index contributed by atoms with van der Waals surface area (Å²) in [6.07, 6.45) is 1.75. The SMILES string of the molecule is COc1ccc(NC(=O)Cn2cc(-c3ccc(OC)cc3)c(=O)c3ccc(C)cc32)cc1. The molecule has 6 heteroatoms. The molecule has 6 nitrogen and oxygen atoms in total. The number of amides is 1. The molecule has 0 aliphatic heterocycles. The molecule has 0 aliphatic carbocycles. The van der Waals surface area contributed by atoms with E-state index in [1.807, 2.05) is 54.0 Å². The minimum Gasteiger partial charge on any atom is -0.497 e. The lowest BCUT2D eigenvalue weighted by molar-refractivity contribution is -0.116. The van der Waals surface area contributed by atoms with Gasteiger partial charge in [-0.15, -0.1) is 0 Å². The first-order valence-corrected chi connectivity index (χ1v) is 10.2. The minimum atomic E-state index is -0.192. The summed E-state index contributed by atoms with van der Waals surface area (Å²) in [4.78, 5) is 26.1. The summed E-state index contributed by atoms with van der Waals surface area (Å²) < 4.78 is 12.2. The van der Waals surface area contributed by atoms with E-state index in [1.54, 1.807) is 44.7 Å². The van der Waals surface area contributed by atoms with E-state index in [2.05, 4.69) is 5.32 Å². The van der Waals surface area contributed by atoms with Gasteiger partial charge >= 0.3 is 0 Å². The quantitative estimate of drug-likeness (QED) is 0.486. The monoisotopic (exact) mass is 428 g/mol. The number of anilines is 1. The average Bonchev–Trinajstić information content (AvgIpc) is 2.81. The number of carbonyl (C=O) groups is 1. The fourth-order valence-corrected chi connectivity index (χ4v) is 3.64. The van der Waals surface area contributed by atoms with Gasteiger partial charge in [-0.25, -0.2) is 0 Å². The number of ether oxygens (including phenoxy) is 2. The van der Waals surface area contributed by atoms with Crippen LogP contribution >= 0.6 is 0 Å². The number of nitrogens with one attached hydrogen (secondary N) is 1. The zero-order valence-corrected chi connectivity index (χ0v) is 18.2. The first kappa shape index (κ1) is 21.2. The summed E-state index contributed by atoms with van der Waals surface area (Å²) in [6.45, 7) is 2.03. The molecular formula is C26H24N2O4. The molecule has 1 heterocycles. The molecule has 0 saturated carbocycles. The van der Waals surface area contributed by atoms with E-state index in [0.29, 0.717) is 28.1 Å². The number of rotatable bonds is 6. The number of aryl methyl sites for hydroxylation is 1. The van der Waals surface area contributed by atoms with E-state index in [0.717, 1.165) is 16.6 Å². The largest absolute Gasteiger partial charge is 0.497 e. The molecule has 0 spiro atoms. The van der Waals surface area contributed by atoms with E-state index in [-0.39, 0.29) is 17.9 Å². The lowest BCUT2D eigenvalue weighted by atomic mass is 10.0. The van der Waals surface area contributed by atoms with Crippen molar-refractivity contribution in [2.75, 3.05) is 19.5 Å². The Balaban J connectivity index is 1.72. The Bertz CT molecular complexity index is 1320. The van der Waals surface area contributed by atoms with Gasteiger partial charge in [0.2, 0.25) is 5.91 Å². The molecule has 32 heavy (non-hydrogen) atoms. The molecule has 4 aromatic rings. The van der Waals surface area contributed by atoms with Crippen LogP contribution in [0.1, 0.15) is 5.56 Å². The molecule has 0 saturated heterocycles. The van der Waals surface area contributed by atoms with Crippen molar-refractivity contribution in [2.45, 2.75) is 13.5 Å². The van der Waals surface area contributed by atoms with Crippen LogP contribution in [-0.4, -0.2) is 24.7 Å². The number of nitrogens with zero attached hydrogens (tertiary/aromatic N) is 1. The molecule has 0 aliphatic rings. The Morgan fingerprint density at radius 1 is 0.906 bits per heavy atom. The fraction of sp³-hybridized carbons (Fsp3) is 0.154. The van der Waals surface area contributed by atoms with Crippen LogP contribution in [0.5, 0.6) is 11.5 Å². The van der Waals surface area contributed by atoms with E-state index in [1.165, 1.54) is 0 Å². The van der Waals surface area contributed by atoms with E-state index < -0.39 is 0 Å². The van der Waals surface area contributed by atoms with Crippen molar-refractivity contribution in [3.8, 4) is 22.6 Å². The molecule has 3 aromatic carbocycles. The van der Waals surface area contributed by atoms with Crippen molar-refractivity contribution in [1.29, 1.82) is 0 Å². The molecular weight excluding hydrogens is 404 g/mol. The van der Waals surface area contributed by atoms with Crippen molar-refractivity contribution in [1.82, 2.24) is 4.57 Å². The van der Waals surface area contributed by atoms with Crippen molar-refractivity contribution >= 4 is 22.5 Å². The first-order valence-electron chi connectivity index (χ1n) is 10.2. The Labute approximate surface area is 186 Å². The smallest absolute Gasteiger partial charge is 0.244 e. The van der Waals surface area contributed by atoms with Crippen LogP contribution in [0.3, 0.4) is 0 Å². The molecule has 0 atom stereocenters. The third-order valence-electron chi connectivity index (χ3n) is 5.33. The van der Waals surface area contributed by atoms with E-state index >= 15 is 0 Å². The zero-order valence-electron chi connectivity index (χ0n) is 18.2. The summed E-state index contributed by atoms with van der Waals surface area (Å²) in [7, 11) is 3.19. The predicted molar refractivity (Wildman–Crippen MR) is 127 cm³/mol. The number of benzene rings is 3. The van der Waals surface area contributed by atoms with Gasteiger partial charge in [-0.3, -0.25) is 9.59 Å². The van der Waals surface area contributed by atoms with Gasteiger partial charge in [0.1, 0.15) is 18.0 Å². The Morgan fingerprint density at radius 2 is 1.53 bits per heavy atom. The second-order valence-corrected chi connectivity index (χ2v) is 7.53. The van der Waals surface area contributed by atoms with Crippen molar-refractivity contribution < 1.29 is 14.3 Å². The normalized spacial score (nSPS) is 10.7. The number of pyridine rings is 1. The van der Waals surface area contributed by atoms with Crippen LogP contribution in [-0.2, 0) is 11.3 Å².